The topological polar surface area (TPSA) is 89.3 Å². The minimum atomic E-state index is -3.67. The van der Waals surface area contributed by atoms with E-state index in [1.165, 1.54) is 0 Å². The molecule has 7 heteroatoms. The minimum Gasteiger partial charge on any atom is -0.398 e. The first-order valence-corrected chi connectivity index (χ1v) is 10.2. The highest BCUT2D eigenvalue weighted by molar-refractivity contribution is 7.89. The molecule has 1 aromatic rings. The molecule has 21 heavy (non-hydrogen) atoms. The maximum Gasteiger partial charge on any atom is 0.241 e. The molecule has 0 spiro atoms. The Kier molecular flexibility index (Phi) is 6.37. The molecule has 2 unspecified atom stereocenters. The van der Waals surface area contributed by atoms with Gasteiger partial charge in [-0.15, -0.1) is 0 Å². The van der Waals surface area contributed by atoms with E-state index in [9.17, 15) is 12.6 Å². The lowest BCUT2D eigenvalue weighted by atomic mass is 10.1. The van der Waals surface area contributed by atoms with E-state index in [1.807, 2.05) is 19.9 Å². The van der Waals surface area contributed by atoms with Gasteiger partial charge in [0.1, 0.15) is 0 Å². The Labute approximate surface area is 129 Å². The van der Waals surface area contributed by atoms with Crippen molar-refractivity contribution in [3.8, 4) is 0 Å². The van der Waals surface area contributed by atoms with Crippen LogP contribution >= 0.6 is 0 Å². The van der Waals surface area contributed by atoms with Crippen LogP contribution in [-0.4, -0.2) is 30.7 Å². The van der Waals surface area contributed by atoms with Gasteiger partial charge in [-0.1, -0.05) is 13.8 Å². The molecular weight excluding hydrogens is 308 g/mol. The molecule has 0 aliphatic rings. The molecule has 2 atom stereocenters. The Morgan fingerprint density at radius 1 is 1.29 bits per heavy atom. The molecule has 120 valence electrons. The minimum absolute atomic E-state index is 0.232. The van der Waals surface area contributed by atoms with Crippen molar-refractivity contribution in [1.29, 1.82) is 0 Å². The highest BCUT2D eigenvalue weighted by Crippen LogP contribution is 2.25. The third-order valence-corrected chi connectivity index (χ3v) is 5.82. The summed E-state index contributed by atoms with van der Waals surface area (Å²) in [6.07, 6.45) is 2.81. The molecule has 1 rings (SSSR count). The Morgan fingerprint density at radius 3 is 2.38 bits per heavy atom. The number of hydrogen-bond donors (Lipinski definition) is 2. The van der Waals surface area contributed by atoms with Gasteiger partial charge in [0, 0.05) is 34.5 Å². The van der Waals surface area contributed by atoms with Gasteiger partial charge in [-0.3, -0.25) is 4.21 Å². The summed E-state index contributed by atoms with van der Waals surface area (Å²) in [7, 11) is -4.72. The molecule has 3 N–H and O–H groups in total. The van der Waals surface area contributed by atoms with E-state index in [0.29, 0.717) is 24.1 Å². The molecule has 0 aromatic heterocycles. The van der Waals surface area contributed by atoms with Crippen molar-refractivity contribution in [2.45, 2.75) is 44.6 Å². The maximum absolute atomic E-state index is 12.6. The van der Waals surface area contributed by atoms with E-state index >= 15 is 0 Å². The van der Waals surface area contributed by atoms with Gasteiger partial charge in [0.15, 0.2) is 0 Å². The highest BCUT2D eigenvalue weighted by atomic mass is 32.2. The molecule has 0 heterocycles. The van der Waals surface area contributed by atoms with Gasteiger partial charge < -0.3 is 5.73 Å². The first-order valence-electron chi connectivity index (χ1n) is 6.94. The Hall–Kier alpha value is -0.920. The molecule has 0 saturated carbocycles. The lowest BCUT2D eigenvalue weighted by molar-refractivity contribution is 0.569. The SMILES string of the molecule is CCc1cc(N)c(CC)c(S(=O)(=O)NC(C)CS(C)=O)c1. The first kappa shape index (κ1) is 18.1. The molecule has 0 amide bonds. The Bertz CT molecular complexity index is 627. The monoisotopic (exact) mass is 332 g/mol. The van der Waals surface area contributed by atoms with E-state index in [0.717, 1.165) is 5.56 Å². The fourth-order valence-electron chi connectivity index (χ4n) is 2.26. The Morgan fingerprint density at radius 2 is 1.90 bits per heavy atom. The second-order valence-electron chi connectivity index (χ2n) is 5.13. The molecule has 0 aliphatic heterocycles. The summed E-state index contributed by atoms with van der Waals surface area (Å²) in [6.45, 7) is 5.53. The van der Waals surface area contributed by atoms with Crippen LogP contribution in [0.15, 0.2) is 17.0 Å². The van der Waals surface area contributed by atoms with Crippen LogP contribution in [0.25, 0.3) is 0 Å². The van der Waals surface area contributed by atoms with E-state index in [1.54, 1.807) is 19.2 Å². The zero-order valence-electron chi connectivity index (χ0n) is 13.0. The van der Waals surface area contributed by atoms with Gasteiger partial charge in [-0.05, 0) is 43.0 Å². The normalized spacial score (nSPS) is 14.9. The van der Waals surface area contributed by atoms with Crippen molar-refractivity contribution in [3.63, 3.8) is 0 Å². The summed E-state index contributed by atoms with van der Waals surface area (Å²) in [5, 5.41) is 0. The van der Waals surface area contributed by atoms with Crippen molar-refractivity contribution in [3.05, 3.63) is 23.3 Å². The van der Waals surface area contributed by atoms with E-state index < -0.39 is 26.9 Å². The average Bonchev–Trinajstić information content (AvgIpc) is 2.35. The largest absolute Gasteiger partial charge is 0.398 e. The van der Waals surface area contributed by atoms with Crippen LogP contribution in [0.5, 0.6) is 0 Å². The summed E-state index contributed by atoms with van der Waals surface area (Å²) in [6, 6.07) is 3.10. The van der Waals surface area contributed by atoms with Gasteiger partial charge in [0.25, 0.3) is 0 Å². The van der Waals surface area contributed by atoms with Crippen LogP contribution in [0.1, 0.15) is 31.9 Å². The molecule has 0 aliphatic carbocycles. The second-order valence-corrected chi connectivity index (χ2v) is 8.29. The number of nitrogens with two attached hydrogens (primary N) is 1. The number of rotatable bonds is 7. The van der Waals surface area contributed by atoms with Crippen LogP contribution in [0.4, 0.5) is 5.69 Å². The van der Waals surface area contributed by atoms with Crippen molar-refractivity contribution >= 4 is 26.5 Å². The highest BCUT2D eigenvalue weighted by Gasteiger charge is 2.22. The second kappa shape index (κ2) is 7.38. The predicted molar refractivity (Wildman–Crippen MR) is 88.3 cm³/mol. The summed E-state index contributed by atoms with van der Waals surface area (Å²) < 4.78 is 38.9. The summed E-state index contributed by atoms with van der Waals surface area (Å²) in [5.74, 6) is 0.281. The molecule has 0 bridgehead atoms. The number of benzene rings is 1. The van der Waals surface area contributed by atoms with E-state index in [2.05, 4.69) is 4.72 Å². The summed E-state index contributed by atoms with van der Waals surface area (Å²) in [5.41, 5.74) is 7.99. The van der Waals surface area contributed by atoms with Gasteiger partial charge in [-0.25, -0.2) is 13.1 Å². The third kappa shape index (κ3) is 4.79. The molecular formula is C14H24N2O3S2. The maximum atomic E-state index is 12.6. The molecule has 1 aromatic carbocycles. The quantitative estimate of drug-likeness (QED) is 0.739. The van der Waals surface area contributed by atoms with E-state index in [-0.39, 0.29) is 10.6 Å². The van der Waals surface area contributed by atoms with Crippen molar-refractivity contribution in [2.24, 2.45) is 0 Å². The lowest BCUT2D eigenvalue weighted by Gasteiger charge is -2.17. The Balaban J connectivity index is 3.23. The first-order chi connectivity index (χ1) is 9.71. The molecule has 0 fully saturated rings. The average molecular weight is 332 g/mol. The van der Waals surface area contributed by atoms with Crippen LogP contribution in [0.3, 0.4) is 0 Å². The van der Waals surface area contributed by atoms with Crippen molar-refractivity contribution in [1.82, 2.24) is 4.72 Å². The van der Waals surface area contributed by atoms with Crippen molar-refractivity contribution in [2.75, 3.05) is 17.7 Å². The molecule has 0 radical (unpaired) electrons. The fraction of sp³-hybridized carbons (Fsp3) is 0.571. The zero-order valence-corrected chi connectivity index (χ0v) is 14.6. The van der Waals surface area contributed by atoms with Crippen LogP contribution < -0.4 is 10.5 Å². The summed E-state index contributed by atoms with van der Waals surface area (Å²) >= 11 is 0. The van der Waals surface area contributed by atoms with Crippen LogP contribution in [-0.2, 0) is 33.7 Å². The number of nitrogens with one attached hydrogen (secondary N) is 1. The van der Waals surface area contributed by atoms with E-state index in [4.69, 9.17) is 5.73 Å². The van der Waals surface area contributed by atoms with Gasteiger partial charge in [0.05, 0.1) is 4.90 Å². The third-order valence-electron chi connectivity index (χ3n) is 3.20. The number of nitrogen functional groups attached to an aromatic ring is 1. The number of sulfonamides is 1. The number of anilines is 1. The van der Waals surface area contributed by atoms with Crippen LogP contribution in [0.2, 0.25) is 0 Å². The fourth-order valence-corrected chi connectivity index (χ4v) is 4.79. The zero-order chi connectivity index (χ0) is 16.2. The smallest absolute Gasteiger partial charge is 0.241 e. The van der Waals surface area contributed by atoms with Crippen LogP contribution in [0, 0.1) is 0 Å². The summed E-state index contributed by atoms with van der Waals surface area (Å²) in [4.78, 5) is 0.232. The lowest BCUT2D eigenvalue weighted by Crippen LogP contribution is -2.36. The number of hydrogen-bond acceptors (Lipinski definition) is 4. The van der Waals surface area contributed by atoms with Crippen molar-refractivity contribution < 1.29 is 12.6 Å². The van der Waals surface area contributed by atoms with Gasteiger partial charge in [0.2, 0.25) is 10.0 Å². The number of aryl methyl sites for hydroxylation is 1. The molecule has 0 saturated heterocycles. The predicted octanol–water partition coefficient (Wildman–Crippen LogP) is 1.44. The standard InChI is InChI=1S/C14H24N2O3S2/c1-5-11-7-13(15)12(6-2)14(8-11)21(18,19)16-10(3)9-20(4)17/h7-8,10,16H,5-6,9,15H2,1-4H3. The molecule has 5 nitrogen and oxygen atoms in total. The van der Waals surface area contributed by atoms with Gasteiger partial charge >= 0.3 is 0 Å². The van der Waals surface area contributed by atoms with Gasteiger partial charge in [-0.2, -0.15) is 0 Å².